The summed E-state index contributed by atoms with van der Waals surface area (Å²) in [7, 11) is 0. The maximum atomic E-state index is 8.65. The second-order valence-corrected chi connectivity index (χ2v) is 1.62. The van der Waals surface area contributed by atoms with Crippen LogP contribution in [0.3, 0.4) is 0 Å². The molecule has 0 unspecified atom stereocenters. The Labute approximate surface area is 91.8 Å². The number of phenolic OH excluding ortho intramolecular Hbond substituents is 2. The van der Waals surface area contributed by atoms with Gasteiger partial charge in [-0.05, 0) is 12.1 Å². The standard InChI is InChI=1S/C6H6O2.CH2O2.Na/c7-5-2-1-3-6(8)4-5;2-1-3;/h1-4,7-8H;1H,(H,2,3);/q;;+1/p-1. The number of hydrogen-bond acceptors (Lipinski definition) is 4. The molecule has 0 radical (unpaired) electrons. The number of hydrogen-bond donors (Lipinski definition) is 2. The van der Waals surface area contributed by atoms with Crippen molar-refractivity contribution >= 4 is 6.47 Å². The molecule has 0 saturated carbocycles. The van der Waals surface area contributed by atoms with E-state index in [1.807, 2.05) is 0 Å². The first-order valence-electron chi connectivity index (χ1n) is 2.74. The van der Waals surface area contributed by atoms with Crippen molar-refractivity contribution in [3.8, 4) is 11.5 Å². The van der Waals surface area contributed by atoms with E-state index in [0.29, 0.717) is 0 Å². The van der Waals surface area contributed by atoms with E-state index in [-0.39, 0.29) is 41.1 Å². The predicted molar refractivity (Wildman–Crippen MR) is 35.8 cm³/mol. The van der Waals surface area contributed by atoms with E-state index in [1.165, 1.54) is 18.2 Å². The fraction of sp³-hybridized carbons (Fsp3) is 0. The predicted octanol–water partition coefficient (Wildman–Crippen LogP) is -3.53. The largest absolute Gasteiger partial charge is 1.00 e. The van der Waals surface area contributed by atoms with Crippen molar-refractivity contribution in [2.24, 2.45) is 0 Å². The smallest absolute Gasteiger partial charge is 0.554 e. The summed E-state index contributed by atoms with van der Waals surface area (Å²) < 4.78 is 0. The van der Waals surface area contributed by atoms with Gasteiger partial charge in [0.2, 0.25) is 0 Å². The molecule has 1 aromatic carbocycles. The molecule has 0 atom stereocenters. The Balaban J connectivity index is 0. The minimum atomic E-state index is -0.500. The molecule has 0 aliphatic carbocycles. The van der Waals surface area contributed by atoms with Gasteiger partial charge in [-0.1, -0.05) is 6.07 Å². The van der Waals surface area contributed by atoms with Gasteiger partial charge in [0.25, 0.3) is 0 Å². The monoisotopic (exact) mass is 178 g/mol. The van der Waals surface area contributed by atoms with Crippen LogP contribution < -0.4 is 34.7 Å². The third-order valence-corrected chi connectivity index (χ3v) is 0.830. The average Bonchev–Trinajstić information content (AvgIpc) is 1.88. The molecule has 0 aromatic heterocycles. The van der Waals surface area contributed by atoms with Gasteiger partial charge < -0.3 is 20.1 Å². The van der Waals surface area contributed by atoms with E-state index in [1.54, 1.807) is 6.07 Å². The Kier molecular flexibility index (Phi) is 9.68. The maximum Gasteiger partial charge on any atom is 1.00 e. The maximum absolute atomic E-state index is 8.65. The Morgan fingerprint density at radius 3 is 1.75 bits per heavy atom. The van der Waals surface area contributed by atoms with E-state index < -0.39 is 6.47 Å². The van der Waals surface area contributed by atoms with Crippen LogP contribution in [-0.4, -0.2) is 16.7 Å². The van der Waals surface area contributed by atoms with E-state index in [4.69, 9.17) is 20.1 Å². The molecule has 0 saturated heterocycles. The van der Waals surface area contributed by atoms with Crippen molar-refractivity contribution in [3.05, 3.63) is 24.3 Å². The molecule has 1 aromatic rings. The van der Waals surface area contributed by atoms with E-state index >= 15 is 0 Å². The zero-order valence-corrected chi connectivity index (χ0v) is 8.60. The molecule has 0 heterocycles. The van der Waals surface area contributed by atoms with Gasteiger partial charge in [-0.2, -0.15) is 0 Å². The zero-order chi connectivity index (χ0) is 8.69. The summed E-state index contributed by atoms with van der Waals surface area (Å²) in [6.07, 6.45) is 0. The van der Waals surface area contributed by atoms with Crippen LogP contribution in [0.25, 0.3) is 0 Å². The number of phenols is 2. The topological polar surface area (TPSA) is 80.6 Å². The molecule has 0 aliphatic heterocycles. The molecule has 5 heteroatoms. The number of carbonyl (C=O) groups is 1. The second kappa shape index (κ2) is 8.39. The summed E-state index contributed by atoms with van der Waals surface area (Å²) in [5, 5.41) is 25.6. The van der Waals surface area contributed by atoms with Gasteiger partial charge in [-0.25, -0.2) is 0 Å². The third kappa shape index (κ3) is 7.40. The Hall–Kier alpha value is -0.710. The van der Waals surface area contributed by atoms with Gasteiger partial charge >= 0.3 is 29.6 Å². The number of rotatable bonds is 0. The fourth-order valence-corrected chi connectivity index (χ4v) is 0.493. The van der Waals surface area contributed by atoms with Crippen molar-refractivity contribution in [3.63, 3.8) is 0 Å². The van der Waals surface area contributed by atoms with Crippen LogP contribution >= 0.6 is 0 Å². The number of aromatic hydroxyl groups is 2. The molecule has 4 nitrogen and oxygen atoms in total. The summed E-state index contributed by atoms with van der Waals surface area (Å²) in [6.45, 7) is -0.500. The SMILES string of the molecule is O=C[O-].Oc1cccc(O)c1.[Na+]. The van der Waals surface area contributed by atoms with E-state index in [2.05, 4.69) is 0 Å². The van der Waals surface area contributed by atoms with Crippen molar-refractivity contribution in [1.82, 2.24) is 0 Å². The molecule has 12 heavy (non-hydrogen) atoms. The average molecular weight is 178 g/mol. The second-order valence-electron chi connectivity index (χ2n) is 1.62. The van der Waals surface area contributed by atoms with Crippen LogP contribution in [0.15, 0.2) is 24.3 Å². The quantitative estimate of drug-likeness (QED) is 0.318. The van der Waals surface area contributed by atoms with Gasteiger partial charge in [0.15, 0.2) is 0 Å². The van der Waals surface area contributed by atoms with E-state index in [0.717, 1.165) is 0 Å². The third-order valence-electron chi connectivity index (χ3n) is 0.830. The molecule has 0 amide bonds. The van der Waals surface area contributed by atoms with Gasteiger partial charge in [0, 0.05) is 12.5 Å². The minimum Gasteiger partial charge on any atom is -0.554 e. The summed E-state index contributed by atoms with van der Waals surface area (Å²) in [6, 6.07) is 5.85. The van der Waals surface area contributed by atoms with Crippen LogP contribution in [0.1, 0.15) is 0 Å². The molecule has 60 valence electrons. The zero-order valence-electron chi connectivity index (χ0n) is 6.60. The van der Waals surface area contributed by atoms with Crippen molar-refractivity contribution in [2.75, 3.05) is 0 Å². The molecule has 0 aliphatic rings. The van der Waals surface area contributed by atoms with Crippen molar-refractivity contribution in [2.45, 2.75) is 0 Å². The number of carboxylic acid groups (broad SMARTS) is 1. The van der Waals surface area contributed by atoms with Gasteiger partial charge in [0.1, 0.15) is 11.5 Å². The fourth-order valence-electron chi connectivity index (χ4n) is 0.493. The van der Waals surface area contributed by atoms with Gasteiger partial charge in [-0.3, -0.25) is 0 Å². The molecule has 1 rings (SSSR count). The summed E-state index contributed by atoms with van der Waals surface area (Å²) in [5.74, 6) is 0.176. The summed E-state index contributed by atoms with van der Waals surface area (Å²) >= 11 is 0. The first-order chi connectivity index (χ1) is 5.20. The molecule has 0 bridgehead atoms. The van der Waals surface area contributed by atoms with Gasteiger partial charge in [-0.15, -0.1) is 0 Å². The van der Waals surface area contributed by atoms with Gasteiger partial charge in [0.05, 0.1) is 0 Å². The van der Waals surface area contributed by atoms with Crippen LogP contribution in [0.4, 0.5) is 0 Å². The number of carbonyl (C=O) groups excluding carboxylic acids is 1. The molecular weight excluding hydrogens is 171 g/mol. The molecule has 0 fully saturated rings. The van der Waals surface area contributed by atoms with Crippen molar-refractivity contribution < 1.29 is 49.7 Å². The van der Waals surface area contributed by atoms with Crippen LogP contribution in [0.5, 0.6) is 11.5 Å². The Morgan fingerprint density at radius 2 is 1.58 bits per heavy atom. The Bertz CT molecular complexity index is 209. The normalized spacial score (nSPS) is 7.00. The van der Waals surface area contributed by atoms with Crippen molar-refractivity contribution in [1.29, 1.82) is 0 Å². The van der Waals surface area contributed by atoms with Crippen LogP contribution in [0.2, 0.25) is 0 Å². The Morgan fingerprint density at radius 1 is 1.25 bits per heavy atom. The summed E-state index contributed by atoms with van der Waals surface area (Å²) in [4.78, 5) is 8.25. The minimum absolute atomic E-state index is 0. The number of benzene rings is 1. The molecular formula is C7H7NaO4. The summed E-state index contributed by atoms with van der Waals surface area (Å²) in [5.41, 5.74) is 0. The first kappa shape index (κ1) is 13.9. The van der Waals surface area contributed by atoms with Crippen LogP contribution in [-0.2, 0) is 4.79 Å². The molecule has 2 N–H and O–H groups in total. The van der Waals surface area contributed by atoms with Crippen LogP contribution in [0, 0.1) is 0 Å². The first-order valence-corrected chi connectivity index (χ1v) is 2.74. The van der Waals surface area contributed by atoms with E-state index in [9.17, 15) is 0 Å². The molecule has 0 spiro atoms.